The van der Waals surface area contributed by atoms with Crippen LogP contribution in [0, 0.1) is 0 Å². The molecule has 44 heavy (non-hydrogen) atoms. The largest absolute Gasteiger partial charge is 0.337 e. The molecule has 6 heteroatoms. The zero-order valence-corrected chi connectivity index (χ0v) is 33.8. The van der Waals surface area contributed by atoms with Crippen molar-refractivity contribution in [2.75, 3.05) is 0 Å². The molecule has 0 radical (unpaired) electrons. The predicted molar refractivity (Wildman–Crippen MR) is 207 cm³/mol. The topological polar surface area (TPSA) is 24.7 Å². The molecule has 0 atom stereocenters. The molecule has 2 nitrogen and oxygen atoms in total. The summed E-state index contributed by atoms with van der Waals surface area (Å²) in [4.78, 5) is 0. The maximum absolute atomic E-state index is 6.23. The van der Waals surface area contributed by atoms with Crippen LogP contribution in [-0.4, -0.2) is 39.1 Å². The molecule has 0 saturated heterocycles. The van der Waals surface area contributed by atoms with E-state index in [1.807, 2.05) is 0 Å². The van der Waals surface area contributed by atoms with Gasteiger partial charge in [0.15, 0.2) is 16.5 Å². The Balaban J connectivity index is 1.56. The smallest absolute Gasteiger partial charge is 0.170 e. The van der Waals surface area contributed by atoms with Gasteiger partial charge in [-0.1, -0.05) is 141 Å². The number of rotatable bonds is 10. The summed E-state index contributed by atoms with van der Waals surface area (Å²) in [7, 11) is -6.07. The fourth-order valence-electron chi connectivity index (χ4n) is 10.2. The van der Waals surface area contributed by atoms with E-state index in [-0.39, 0.29) is 0 Å². The van der Waals surface area contributed by atoms with E-state index in [9.17, 15) is 0 Å². The van der Waals surface area contributed by atoms with Crippen LogP contribution < -0.4 is 0 Å². The van der Waals surface area contributed by atoms with Crippen molar-refractivity contribution in [2.45, 2.75) is 203 Å². The summed E-state index contributed by atoms with van der Waals surface area (Å²) in [5.74, 6) is 0. The first-order chi connectivity index (χ1) is 21.0. The lowest BCUT2D eigenvalue weighted by molar-refractivity contribution is 0.480. The maximum Gasteiger partial charge on any atom is 0.170 e. The Hall–Kier alpha value is 0.114. The van der Waals surface area contributed by atoms with E-state index < -0.39 is 30.6 Å². The molecule has 0 aliphatic heterocycles. The second kappa shape index (κ2) is 15.6. The van der Waals surface area contributed by atoms with Gasteiger partial charge in [-0.25, -0.2) is 0 Å². The summed E-state index contributed by atoms with van der Waals surface area (Å²) in [6.45, 7) is 15.3. The minimum absolute atomic E-state index is 0.896. The lowest BCUT2D eigenvalue weighted by Crippen LogP contribution is -2.29. The molecule has 5 rings (SSSR count). The molecule has 0 amide bonds. The highest BCUT2D eigenvalue weighted by Crippen LogP contribution is 2.69. The molecule has 1 aromatic carbocycles. The average molecular weight is 673 g/mol. The predicted octanol–water partition coefficient (Wildman–Crippen LogP) is 14.1. The summed E-state index contributed by atoms with van der Waals surface area (Å²) in [6.07, 6.45) is 31.8. The van der Waals surface area contributed by atoms with Gasteiger partial charge < -0.3 is 8.82 Å². The second-order valence-electron chi connectivity index (χ2n) is 17.6. The molecular weight excluding hydrogens is 603 g/mol. The van der Waals surface area contributed by atoms with Crippen LogP contribution in [0.2, 0.25) is 39.3 Å². The summed E-state index contributed by atoms with van der Waals surface area (Å²) < 4.78 is 12.5. The first-order valence-electron chi connectivity index (χ1n) is 19.3. The van der Waals surface area contributed by atoms with Gasteiger partial charge in [-0.15, -0.1) is 0 Å². The van der Waals surface area contributed by atoms with Gasteiger partial charge >= 0.3 is 0 Å². The lowest BCUT2D eigenvalue weighted by Gasteiger charge is -2.45. The molecular formula is C38H70N2P2Si2. The van der Waals surface area contributed by atoms with Crippen molar-refractivity contribution in [1.82, 2.24) is 0 Å². The quantitative estimate of drug-likeness (QED) is 0.175. The van der Waals surface area contributed by atoms with Gasteiger partial charge in [0.25, 0.3) is 0 Å². The molecule has 0 N–H and O–H groups in total. The Kier molecular flexibility index (Phi) is 12.5. The van der Waals surface area contributed by atoms with Crippen LogP contribution in [0.4, 0.5) is 0 Å². The summed E-state index contributed by atoms with van der Waals surface area (Å²) in [5, 5.41) is 0. The monoisotopic (exact) mass is 672 g/mol. The average Bonchev–Trinajstić information content (AvgIpc) is 3.01. The first kappa shape index (κ1) is 35.4. The van der Waals surface area contributed by atoms with Crippen LogP contribution in [0.1, 0.15) is 140 Å². The van der Waals surface area contributed by atoms with Crippen molar-refractivity contribution >= 4 is 30.6 Å². The minimum atomic E-state index is -1.57. The van der Waals surface area contributed by atoms with Crippen LogP contribution >= 0.6 is 14.1 Å². The van der Waals surface area contributed by atoms with E-state index in [4.69, 9.17) is 8.82 Å². The van der Waals surface area contributed by atoms with Crippen molar-refractivity contribution < 1.29 is 0 Å². The third-order valence-corrected chi connectivity index (χ3v) is 28.3. The van der Waals surface area contributed by atoms with E-state index in [1.54, 1.807) is 11.1 Å². The molecule has 1 aromatic rings. The fraction of sp³-hybridized carbons (Fsp3) is 0.842. The molecule has 0 bridgehead atoms. The summed E-state index contributed by atoms with van der Waals surface area (Å²) in [5.41, 5.74) is 6.90. The van der Waals surface area contributed by atoms with Crippen LogP contribution in [0.5, 0.6) is 0 Å². The molecule has 4 saturated carbocycles. The van der Waals surface area contributed by atoms with Gasteiger partial charge in [0.05, 0.1) is 0 Å². The maximum atomic E-state index is 6.23. The van der Waals surface area contributed by atoms with E-state index in [0.717, 1.165) is 22.6 Å². The van der Waals surface area contributed by atoms with Crippen molar-refractivity contribution in [1.29, 1.82) is 0 Å². The SMILES string of the molecule is C[Si](C)(C)N=P(Cc1cccc(CP(=N[Si](C)(C)C)(C2CCCCC2)C2CCCCC2)c1)(C1CCCCC1)C1CCCCC1. The number of hydrogen-bond donors (Lipinski definition) is 0. The van der Waals surface area contributed by atoms with Crippen LogP contribution in [-0.2, 0) is 12.3 Å². The van der Waals surface area contributed by atoms with Gasteiger partial charge in [0, 0.05) is 12.3 Å². The van der Waals surface area contributed by atoms with Crippen molar-refractivity contribution in [3.8, 4) is 0 Å². The highest BCUT2D eigenvalue weighted by molar-refractivity contribution is 7.68. The minimum Gasteiger partial charge on any atom is -0.337 e. The number of hydrogen-bond acceptors (Lipinski definition) is 2. The van der Waals surface area contributed by atoms with E-state index in [0.29, 0.717) is 0 Å². The zero-order valence-electron chi connectivity index (χ0n) is 30.0. The normalized spacial score (nSPS) is 23.0. The van der Waals surface area contributed by atoms with Crippen molar-refractivity contribution in [3.05, 3.63) is 35.4 Å². The molecule has 250 valence electrons. The Labute approximate surface area is 276 Å². The Morgan fingerprint density at radius 3 is 1.00 bits per heavy atom. The highest BCUT2D eigenvalue weighted by Gasteiger charge is 2.42. The van der Waals surface area contributed by atoms with Crippen LogP contribution in [0.15, 0.2) is 33.1 Å². The van der Waals surface area contributed by atoms with Gasteiger partial charge in [0.1, 0.15) is 0 Å². The zero-order chi connectivity index (χ0) is 31.3. The van der Waals surface area contributed by atoms with Crippen LogP contribution in [0.3, 0.4) is 0 Å². The Morgan fingerprint density at radius 2 is 0.750 bits per heavy atom. The Morgan fingerprint density at radius 1 is 0.477 bits per heavy atom. The molecule has 0 unspecified atom stereocenters. The first-order valence-corrected chi connectivity index (χ1v) is 30.3. The molecule has 0 heterocycles. The van der Waals surface area contributed by atoms with Crippen molar-refractivity contribution in [3.63, 3.8) is 0 Å². The fourth-order valence-corrected chi connectivity index (χ4v) is 31.1. The molecule has 4 fully saturated rings. The number of nitrogens with zero attached hydrogens (tertiary/aromatic N) is 2. The Bertz CT molecular complexity index is 1020. The van der Waals surface area contributed by atoms with Crippen LogP contribution in [0.25, 0.3) is 0 Å². The van der Waals surface area contributed by atoms with Gasteiger partial charge in [-0.2, -0.15) is 0 Å². The summed E-state index contributed by atoms with van der Waals surface area (Å²) in [6, 6.07) is 10.3. The summed E-state index contributed by atoms with van der Waals surface area (Å²) >= 11 is 0. The molecule has 0 aromatic heterocycles. The van der Waals surface area contributed by atoms with Gasteiger partial charge in [-0.05, 0) is 99.2 Å². The van der Waals surface area contributed by atoms with E-state index in [1.165, 1.54) is 141 Å². The van der Waals surface area contributed by atoms with E-state index >= 15 is 0 Å². The number of benzene rings is 1. The standard InChI is InChI=1S/C38H70N2P2Si2/c1-43(2,3)39-41(35-22-11-7-12-23-35,36-24-13-8-14-25-36)31-33-20-19-21-34(30-33)32-42(40-44(4,5)6,37-26-15-9-16-27-37)38-28-17-10-18-29-38/h19-21,30,35-38H,7-18,22-29,31-32H2,1-6H3. The molecule has 4 aliphatic rings. The third kappa shape index (κ3) is 9.17. The second-order valence-corrected chi connectivity index (χ2v) is 35.0. The molecule has 4 aliphatic carbocycles. The van der Waals surface area contributed by atoms with Gasteiger partial charge in [0.2, 0.25) is 0 Å². The lowest BCUT2D eigenvalue weighted by atomic mass is 9.99. The molecule has 0 spiro atoms. The van der Waals surface area contributed by atoms with Crippen molar-refractivity contribution in [2.24, 2.45) is 8.82 Å². The van der Waals surface area contributed by atoms with E-state index in [2.05, 4.69) is 63.5 Å². The highest BCUT2D eigenvalue weighted by atomic mass is 31.2. The van der Waals surface area contributed by atoms with Gasteiger partial charge in [-0.3, -0.25) is 0 Å². The third-order valence-electron chi connectivity index (χ3n) is 11.7.